The van der Waals surface area contributed by atoms with Crippen molar-refractivity contribution in [3.8, 4) is 22.8 Å². The summed E-state index contributed by atoms with van der Waals surface area (Å²) in [6.45, 7) is 13.9. The Morgan fingerprint density at radius 1 is 0.964 bits per heavy atom. The second-order valence-electron chi connectivity index (χ2n) is 9.22. The van der Waals surface area contributed by atoms with E-state index in [2.05, 4.69) is 82.5 Å². The Kier molecular flexibility index (Phi) is 3.63. The zero-order valence-electron chi connectivity index (χ0n) is 17.7. The van der Waals surface area contributed by atoms with Gasteiger partial charge in [0.05, 0.1) is 23.7 Å². The summed E-state index contributed by atoms with van der Waals surface area (Å²) in [5.74, 6) is 2.03. The van der Waals surface area contributed by atoms with Gasteiger partial charge < -0.3 is 4.74 Å². The van der Waals surface area contributed by atoms with Gasteiger partial charge in [-0.15, -0.1) is 11.3 Å². The Morgan fingerprint density at radius 3 is 2.43 bits per heavy atom. The van der Waals surface area contributed by atoms with E-state index in [1.54, 1.807) is 0 Å². The predicted octanol–water partition coefficient (Wildman–Crippen LogP) is 6.12. The Hall–Kier alpha value is -2.17. The van der Waals surface area contributed by atoms with Crippen LogP contribution in [0, 0.1) is 20.8 Å². The van der Waals surface area contributed by atoms with Gasteiger partial charge in [0.1, 0.15) is 12.8 Å². The minimum absolute atomic E-state index is 0.996. The molecule has 0 spiro atoms. The topological polar surface area (TPSA) is 13.1 Å². The largest absolute Gasteiger partial charge is 0.448 e. The van der Waals surface area contributed by atoms with Crippen LogP contribution in [0.4, 0.5) is 0 Å². The number of fused-ring (bicyclic) bond motifs is 4. The van der Waals surface area contributed by atoms with Crippen LogP contribution in [0.3, 0.4) is 0 Å². The monoisotopic (exact) mass is 404 g/mol. The summed E-state index contributed by atoms with van der Waals surface area (Å²) in [6, 6.07) is 9.15. The van der Waals surface area contributed by atoms with Crippen LogP contribution >= 0.6 is 11.3 Å². The number of rotatable bonds is 1. The molecule has 0 fully saturated rings. The summed E-state index contributed by atoms with van der Waals surface area (Å²) >= 11 is 1.93. The van der Waals surface area contributed by atoms with E-state index in [1.165, 1.54) is 53.3 Å². The first-order chi connectivity index (χ1) is 13.1. The fraction of sp³-hybridized carbons (Fsp3) is 0.292. The van der Waals surface area contributed by atoms with E-state index in [9.17, 15) is 0 Å². The van der Waals surface area contributed by atoms with Gasteiger partial charge in [0.25, 0.3) is 5.69 Å². The third-order valence-corrected chi connectivity index (χ3v) is 10.7. The van der Waals surface area contributed by atoms with Crippen molar-refractivity contribution in [2.45, 2.75) is 40.4 Å². The number of aromatic nitrogens is 1. The normalized spacial score (nSPS) is 13.1. The van der Waals surface area contributed by atoms with Crippen LogP contribution in [-0.4, -0.2) is 8.07 Å². The van der Waals surface area contributed by atoms with E-state index in [1.807, 2.05) is 11.3 Å². The van der Waals surface area contributed by atoms with Gasteiger partial charge in [-0.05, 0) is 59.5 Å². The van der Waals surface area contributed by atoms with Crippen molar-refractivity contribution in [2.75, 3.05) is 0 Å². The molecule has 1 aliphatic heterocycles. The average molecular weight is 405 g/mol. The van der Waals surface area contributed by atoms with Crippen molar-refractivity contribution in [3.63, 3.8) is 0 Å². The molecule has 142 valence electrons. The molecule has 0 atom stereocenters. The highest BCUT2D eigenvalue weighted by Gasteiger charge is 2.33. The first-order valence-electron chi connectivity index (χ1n) is 9.84. The molecule has 0 radical (unpaired) electrons. The van der Waals surface area contributed by atoms with Gasteiger partial charge >= 0.3 is 0 Å². The lowest BCUT2D eigenvalue weighted by Gasteiger charge is -2.22. The van der Waals surface area contributed by atoms with Crippen molar-refractivity contribution in [1.82, 2.24) is 0 Å². The first kappa shape index (κ1) is 17.9. The van der Waals surface area contributed by atoms with E-state index in [0.717, 1.165) is 11.5 Å². The van der Waals surface area contributed by atoms with Crippen LogP contribution in [0.2, 0.25) is 19.6 Å². The van der Waals surface area contributed by atoms with Gasteiger partial charge in [-0.2, -0.15) is 4.57 Å². The minimum atomic E-state index is -1.37. The van der Waals surface area contributed by atoms with Crippen molar-refractivity contribution >= 4 is 44.8 Å². The van der Waals surface area contributed by atoms with Gasteiger partial charge in [-0.25, -0.2) is 0 Å². The summed E-state index contributed by atoms with van der Waals surface area (Å²) in [7, 11) is 0.778. The van der Waals surface area contributed by atoms with Gasteiger partial charge in [0.15, 0.2) is 6.20 Å². The zero-order chi connectivity index (χ0) is 20.0. The Balaban J connectivity index is 1.96. The zero-order valence-corrected chi connectivity index (χ0v) is 19.5. The molecule has 28 heavy (non-hydrogen) atoms. The lowest BCUT2D eigenvalue weighted by Crippen LogP contribution is -2.34. The number of aryl methyl sites for hydroxylation is 3. The molecule has 4 heteroatoms. The number of hydrogen-bond acceptors (Lipinski definition) is 2. The summed E-state index contributed by atoms with van der Waals surface area (Å²) in [4.78, 5) is 0. The fourth-order valence-electron chi connectivity index (χ4n) is 4.35. The molecule has 0 unspecified atom stereocenters. The fourth-order valence-corrected chi connectivity index (χ4v) is 7.33. The van der Waals surface area contributed by atoms with E-state index in [4.69, 9.17) is 4.74 Å². The standard InChI is InChI=1S/C24H26NOSSi/c1-13-8-16-10-14(2)15(3)20-21(16)18(9-13)26-23-22(20)25(4)12-17-11-19(27-24(17)23)28(5,6)7/h8-12H,1-7H3/q+1. The average Bonchev–Trinajstić information content (AvgIpc) is 3.02. The summed E-state index contributed by atoms with van der Waals surface area (Å²) in [6.07, 6.45) is 2.28. The number of pyridine rings is 1. The van der Waals surface area contributed by atoms with Crippen molar-refractivity contribution < 1.29 is 9.30 Å². The van der Waals surface area contributed by atoms with E-state index >= 15 is 0 Å². The smallest absolute Gasteiger partial charge is 0.257 e. The van der Waals surface area contributed by atoms with Crippen molar-refractivity contribution in [3.05, 3.63) is 47.2 Å². The summed E-state index contributed by atoms with van der Waals surface area (Å²) < 4.78 is 11.7. The summed E-state index contributed by atoms with van der Waals surface area (Å²) in [5.41, 5.74) is 6.46. The molecule has 1 aliphatic rings. The Labute approximate surface area is 171 Å². The molecule has 5 rings (SSSR count). The maximum absolute atomic E-state index is 6.65. The van der Waals surface area contributed by atoms with Crippen LogP contribution in [0.25, 0.3) is 32.1 Å². The second-order valence-corrected chi connectivity index (χ2v) is 15.7. The lowest BCUT2D eigenvalue weighted by molar-refractivity contribution is -0.659. The van der Waals surface area contributed by atoms with Gasteiger partial charge in [-0.3, -0.25) is 0 Å². The van der Waals surface area contributed by atoms with Crippen LogP contribution in [0.5, 0.6) is 11.5 Å². The highest BCUT2D eigenvalue weighted by molar-refractivity contribution is 7.31. The third-order valence-electron chi connectivity index (χ3n) is 5.92. The maximum atomic E-state index is 6.65. The maximum Gasteiger partial charge on any atom is 0.257 e. The molecule has 0 bridgehead atoms. The van der Waals surface area contributed by atoms with Gasteiger partial charge in [0, 0.05) is 5.39 Å². The molecular formula is C24H26NOSSi+. The number of hydrogen-bond donors (Lipinski definition) is 0. The SMILES string of the molecule is Cc1cc2c3c(c(C)c(C)cc3c1)-c1c(c3sc([Si](C)(C)C)cc3c[n+]1C)O2. The Morgan fingerprint density at radius 2 is 1.71 bits per heavy atom. The molecular weight excluding hydrogens is 378 g/mol. The van der Waals surface area contributed by atoms with Crippen LogP contribution in [-0.2, 0) is 7.05 Å². The molecule has 2 nitrogen and oxygen atoms in total. The Bertz CT molecular complexity index is 1310. The van der Waals surface area contributed by atoms with E-state index < -0.39 is 8.07 Å². The van der Waals surface area contributed by atoms with Gasteiger partial charge in [0.2, 0.25) is 5.75 Å². The number of benzene rings is 2. The number of ether oxygens (including phenoxy) is 1. The van der Waals surface area contributed by atoms with Crippen LogP contribution in [0.15, 0.2) is 30.5 Å². The highest BCUT2D eigenvalue weighted by atomic mass is 32.1. The number of thiophene rings is 1. The molecule has 0 aliphatic carbocycles. The minimum Gasteiger partial charge on any atom is -0.448 e. The molecule has 2 aromatic heterocycles. The highest BCUT2D eigenvalue weighted by Crippen LogP contribution is 2.50. The van der Waals surface area contributed by atoms with Crippen molar-refractivity contribution in [1.29, 1.82) is 0 Å². The molecule has 3 heterocycles. The van der Waals surface area contributed by atoms with E-state index in [-0.39, 0.29) is 0 Å². The van der Waals surface area contributed by atoms with Crippen LogP contribution in [0.1, 0.15) is 16.7 Å². The summed E-state index contributed by atoms with van der Waals surface area (Å²) in [5, 5.41) is 3.81. The number of nitrogens with zero attached hydrogens (tertiary/aromatic N) is 1. The van der Waals surface area contributed by atoms with Crippen LogP contribution < -0.4 is 13.8 Å². The third kappa shape index (κ3) is 2.41. The predicted molar refractivity (Wildman–Crippen MR) is 123 cm³/mol. The molecule has 0 saturated carbocycles. The lowest BCUT2D eigenvalue weighted by atomic mass is 9.90. The van der Waals surface area contributed by atoms with Gasteiger partial charge in [-0.1, -0.05) is 31.8 Å². The van der Waals surface area contributed by atoms with E-state index in [0.29, 0.717) is 0 Å². The second kappa shape index (κ2) is 5.68. The molecule has 2 aromatic carbocycles. The first-order valence-corrected chi connectivity index (χ1v) is 14.2. The molecule has 0 saturated heterocycles. The molecule has 0 amide bonds. The quantitative estimate of drug-likeness (QED) is 0.242. The van der Waals surface area contributed by atoms with Crippen molar-refractivity contribution in [2.24, 2.45) is 7.05 Å². The molecule has 0 N–H and O–H groups in total. The molecule has 4 aromatic rings.